The van der Waals surface area contributed by atoms with Gasteiger partial charge >= 0.3 is 0 Å². The van der Waals surface area contributed by atoms with Crippen LogP contribution < -0.4 is 10.6 Å². The molecule has 0 bridgehead atoms. The maximum absolute atomic E-state index is 12.4. The summed E-state index contributed by atoms with van der Waals surface area (Å²) in [6.07, 6.45) is 0. The van der Waals surface area contributed by atoms with E-state index in [1.54, 1.807) is 0 Å². The molecule has 0 aliphatic rings. The van der Waals surface area contributed by atoms with Crippen molar-refractivity contribution in [3.63, 3.8) is 0 Å². The van der Waals surface area contributed by atoms with E-state index < -0.39 is 0 Å². The van der Waals surface area contributed by atoms with Crippen LogP contribution in [0, 0.1) is 6.92 Å². The lowest BCUT2D eigenvalue weighted by Gasteiger charge is -2.18. The average molecular weight is 322 g/mol. The molecule has 0 radical (unpaired) electrons. The Morgan fingerprint density at radius 2 is 1.75 bits per heavy atom. The van der Waals surface area contributed by atoms with Gasteiger partial charge in [-0.15, -0.1) is 0 Å². The van der Waals surface area contributed by atoms with E-state index in [0.717, 1.165) is 22.4 Å². The summed E-state index contributed by atoms with van der Waals surface area (Å²) in [5, 5.41) is 7.24. The van der Waals surface area contributed by atoms with Gasteiger partial charge < -0.3 is 15.1 Å². The van der Waals surface area contributed by atoms with Crippen molar-refractivity contribution in [2.24, 2.45) is 0 Å². The molecule has 3 rings (SSSR count). The second kappa shape index (κ2) is 6.79. The van der Waals surface area contributed by atoms with Crippen LogP contribution in [0.2, 0.25) is 0 Å². The number of hydrogen-bond donors (Lipinski definition) is 2. The first-order valence-corrected chi connectivity index (χ1v) is 8.15. The quantitative estimate of drug-likeness (QED) is 0.731. The minimum atomic E-state index is -0.334. The van der Waals surface area contributed by atoms with Crippen LogP contribution in [0.25, 0.3) is 11.0 Å². The fourth-order valence-electron chi connectivity index (χ4n) is 2.59. The fourth-order valence-corrected chi connectivity index (χ4v) is 2.59. The van der Waals surface area contributed by atoms with Gasteiger partial charge in [-0.25, -0.2) is 0 Å². The molecule has 0 aliphatic heterocycles. The minimum Gasteiger partial charge on any atom is -0.459 e. The van der Waals surface area contributed by atoms with Crippen LogP contribution in [0.4, 0.5) is 5.69 Å². The van der Waals surface area contributed by atoms with Gasteiger partial charge in [0, 0.05) is 11.1 Å². The second-order valence-corrected chi connectivity index (χ2v) is 6.15. The molecule has 124 valence electrons. The summed E-state index contributed by atoms with van der Waals surface area (Å²) < 4.78 is 5.81. The van der Waals surface area contributed by atoms with E-state index >= 15 is 0 Å². The molecule has 24 heavy (non-hydrogen) atoms. The molecule has 2 unspecified atom stereocenters. The molecule has 2 N–H and O–H groups in total. The van der Waals surface area contributed by atoms with Crippen LogP contribution in [-0.2, 0) is 4.79 Å². The predicted octanol–water partition coefficient (Wildman–Crippen LogP) is 4.42. The maximum Gasteiger partial charge on any atom is 0.242 e. The number of benzene rings is 2. The molecule has 2 atom stereocenters. The molecule has 4 heteroatoms. The Balaban J connectivity index is 1.63. The summed E-state index contributed by atoms with van der Waals surface area (Å²) in [6, 6.07) is 17.3. The molecule has 0 spiro atoms. The summed E-state index contributed by atoms with van der Waals surface area (Å²) in [5.41, 5.74) is 2.95. The van der Waals surface area contributed by atoms with E-state index in [4.69, 9.17) is 4.42 Å². The smallest absolute Gasteiger partial charge is 0.242 e. The Bertz CT molecular complexity index is 803. The minimum absolute atomic E-state index is 0.0662. The Morgan fingerprint density at radius 1 is 1.04 bits per heavy atom. The van der Waals surface area contributed by atoms with Gasteiger partial charge in [0.2, 0.25) is 5.91 Å². The number of furan rings is 1. The van der Waals surface area contributed by atoms with Gasteiger partial charge in [0.25, 0.3) is 0 Å². The molecule has 0 fully saturated rings. The molecule has 0 saturated carbocycles. The van der Waals surface area contributed by atoms with E-state index in [9.17, 15) is 4.79 Å². The first kappa shape index (κ1) is 16.1. The molecule has 1 amide bonds. The van der Waals surface area contributed by atoms with Crippen molar-refractivity contribution in [1.82, 2.24) is 5.32 Å². The molecule has 1 aromatic heterocycles. The Kier molecular flexibility index (Phi) is 4.56. The largest absolute Gasteiger partial charge is 0.459 e. The van der Waals surface area contributed by atoms with Gasteiger partial charge in [0.1, 0.15) is 17.4 Å². The standard InChI is InChI=1S/C20H22N2O2/c1-13-8-10-17(11-9-13)21-15(3)20(23)22-14(2)19-12-16-6-4-5-7-18(16)24-19/h4-12,14-15,21H,1-3H3,(H,22,23). The summed E-state index contributed by atoms with van der Waals surface area (Å²) in [5.74, 6) is 0.690. The molecule has 0 saturated heterocycles. The summed E-state index contributed by atoms with van der Waals surface area (Å²) in [7, 11) is 0. The normalized spacial score (nSPS) is 13.5. The number of rotatable bonds is 5. The highest BCUT2D eigenvalue weighted by Crippen LogP contribution is 2.23. The number of aryl methyl sites for hydroxylation is 1. The first-order chi connectivity index (χ1) is 11.5. The Morgan fingerprint density at radius 3 is 2.46 bits per heavy atom. The van der Waals surface area contributed by atoms with Crippen molar-refractivity contribution in [3.8, 4) is 0 Å². The van der Waals surface area contributed by atoms with E-state index in [1.807, 2.05) is 75.4 Å². The summed E-state index contributed by atoms with van der Waals surface area (Å²) in [4.78, 5) is 12.4. The van der Waals surface area contributed by atoms with Crippen LogP contribution in [0.3, 0.4) is 0 Å². The molecular weight excluding hydrogens is 300 g/mol. The highest BCUT2D eigenvalue weighted by Gasteiger charge is 2.18. The average Bonchev–Trinajstić information content (AvgIpc) is 3.01. The van der Waals surface area contributed by atoms with Crippen molar-refractivity contribution >= 4 is 22.6 Å². The number of fused-ring (bicyclic) bond motifs is 1. The van der Waals surface area contributed by atoms with Crippen LogP contribution in [0.1, 0.15) is 31.2 Å². The van der Waals surface area contributed by atoms with Crippen molar-refractivity contribution in [1.29, 1.82) is 0 Å². The summed E-state index contributed by atoms with van der Waals surface area (Å²) in [6.45, 7) is 5.81. The van der Waals surface area contributed by atoms with E-state index in [2.05, 4.69) is 10.6 Å². The lowest BCUT2D eigenvalue weighted by atomic mass is 10.2. The number of anilines is 1. The monoisotopic (exact) mass is 322 g/mol. The fraction of sp³-hybridized carbons (Fsp3) is 0.250. The Labute approximate surface area is 141 Å². The maximum atomic E-state index is 12.4. The van der Waals surface area contributed by atoms with Crippen molar-refractivity contribution in [3.05, 3.63) is 65.9 Å². The van der Waals surface area contributed by atoms with Crippen LogP contribution in [-0.4, -0.2) is 11.9 Å². The number of amides is 1. The van der Waals surface area contributed by atoms with E-state index in [-0.39, 0.29) is 18.0 Å². The SMILES string of the molecule is Cc1ccc(NC(C)C(=O)NC(C)c2cc3ccccc3o2)cc1. The third-order valence-corrected chi connectivity index (χ3v) is 4.06. The number of para-hydroxylation sites is 1. The number of carbonyl (C=O) groups excluding carboxylic acids is 1. The number of carbonyl (C=O) groups is 1. The molecule has 4 nitrogen and oxygen atoms in total. The van der Waals surface area contributed by atoms with Gasteiger partial charge in [0.15, 0.2) is 0 Å². The number of nitrogens with one attached hydrogen (secondary N) is 2. The van der Waals surface area contributed by atoms with Crippen LogP contribution in [0.15, 0.2) is 59.0 Å². The van der Waals surface area contributed by atoms with Crippen molar-refractivity contribution in [2.45, 2.75) is 32.9 Å². The first-order valence-electron chi connectivity index (χ1n) is 8.15. The predicted molar refractivity (Wildman–Crippen MR) is 97.0 cm³/mol. The van der Waals surface area contributed by atoms with Gasteiger partial charge in [-0.05, 0) is 45.0 Å². The van der Waals surface area contributed by atoms with Crippen LogP contribution >= 0.6 is 0 Å². The lowest BCUT2D eigenvalue weighted by molar-refractivity contribution is -0.122. The molecular formula is C20H22N2O2. The molecule has 1 heterocycles. The van der Waals surface area contributed by atoms with Crippen molar-refractivity contribution < 1.29 is 9.21 Å². The van der Waals surface area contributed by atoms with E-state index in [0.29, 0.717) is 0 Å². The molecule has 0 aliphatic carbocycles. The summed E-state index contributed by atoms with van der Waals surface area (Å²) >= 11 is 0. The lowest BCUT2D eigenvalue weighted by Crippen LogP contribution is -2.38. The van der Waals surface area contributed by atoms with Gasteiger partial charge in [-0.1, -0.05) is 35.9 Å². The van der Waals surface area contributed by atoms with Gasteiger partial charge in [0.05, 0.1) is 6.04 Å². The topological polar surface area (TPSA) is 54.3 Å². The highest BCUT2D eigenvalue weighted by molar-refractivity contribution is 5.84. The molecule has 2 aromatic carbocycles. The highest BCUT2D eigenvalue weighted by atomic mass is 16.3. The van der Waals surface area contributed by atoms with Crippen molar-refractivity contribution in [2.75, 3.05) is 5.32 Å². The third-order valence-electron chi connectivity index (χ3n) is 4.06. The second-order valence-electron chi connectivity index (χ2n) is 6.15. The van der Waals surface area contributed by atoms with Gasteiger partial charge in [-0.3, -0.25) is 4.79 Å². The number of hydrogen-bond acceptors (Lipinski definition) is 3. The zero-order valence-electron chi connectivity index (χ0n) is 14.2. The zero-order valence-corrected chi connectivity index (χ0v) is 14.2. The Hall–Kier alpha value is -2.75. The van der Waals surface area contributed by atoms with Gasteiger partial charge in [-0.2, -0.15) is 0 Å². The zero-order chi connectivity index (χ0) is 17.1. The van der Waals surface area contributed by atoms with E-state index in [1.165, 1.54) is 5.56 Å². The third kappa shape index (κ3) is 3.59. The molecule has 3 aromatic rings. The van der Waals surface area contributed by atoms with Crippen LogP contribution in [0.5, 0.6) is 0 Å².